The molecule has 2 aromatic rings. The van der Waals surface area contributed by atoms with Crippen molar-refractivity contribution in [3.8, 4) is 5.69 Å². The fraction of sp³-hybridized carbons (Fsp3) is 0.524. The van der Waals surface area contributed by atoms with Crippen LogP contribution in [0, 0.1) is 5.92 Å². The van der Waals surface area contributed by atoms with Crippen molar-refractivity contribution in [3.05, 3.63) is 48.3 Å². The van der Waals surface area contributed by atoms with Gasteiger partial charge in [-0.3, -0.25) is 0 Å². The van der Waals surface area contributed by atoms with E-state index in [1.165, 1.54) is 0 Å². The van der Waals surface area contributed by atoms with E-state index in [0.29, 0.717) is 12.5 Å². The Hall–Kier alpha value is -2.34. The van der Waals surface area contributed by atoms with Crippen LogP contribution in [0.25, 0.3) is 5.69 Å². The summed E-state index contributed by atoms with van der Waals surface area (Å²) in [6.07, 6.45) is 5.12. The summed E-state index contributed by atoms with van der Waals surface area (Å²) < 4.78 is 7.68. The molecule has 0 radical (unpaired) electrons. The van der Waals surface area contributed by atoms with Gasteiger partial charge in [0.1, 0.15) is 0 Å². The Morgan fingerprint density at radius 2 is 1.96 bits per heavy atom. The van der Waals surface area contributed by atoms with Crippen molar-refractivity contribution in [2.24, 2.45) is 10.9 Å². The van der Waals surface area contributed by atoms with Crippen molar-refractivity contribution in [2.45, 2.75) is 46.8 Å². The molecule has 0 fully saturated rings. The van der Waals surface area contributed by atoms with Gasteiger partial charge in [-0.2, -0.15) is 5.10 Å². The molecule has 27 heavy (non-hydrogen) atoms. The quantitative estimate of drug-likeness (QED) is 0.496. The highest BCUT2D eigenvalue weighted by molar-refractivity contribution is 5.79. The summed E-state index contributed by atoms with van der Waals surface area (Å²) in [6.45, 7) is 11.5. The van der Waals surface area contributed by atoms with Crippen molar-refractivity contribution < 1.29 is 4.74 Å². The second kappa shape index (κ2) is 11.4. The van der Waals surface area contributed by atoms with Gasteiger partial charge in [0.15, 0.2) is 5.96 Å². The van der Waals surface area contributed by atoms with Crippen LogP contribution in [0.4, 0.5) is 0 Å². The second-order valence-electron chi connectivity index (χ2n) is 6.78. The molecule has 0 saturated carbocycles. The van der Waals surface area contributed by atoms with Crippen LogP contribution in [-0.2, 0) is 11.3 Å². The number of benzene rings is 1. The number of guanidine groups is 1. The molecule has 2 rings (SSSR count). The molecule has 148 valence electrons. The Kier molecular flexibility index (Phi) is 8.84. The van der Waals surface area contributed by atoms with E-state index in [1.54, 1.807) is 0 Å². The highest BCUT2D eigenvalue weighted by Gasteiger charge is 2.13. The molecule has 1 aromatic heterocycles. The van der Waals surface area contributed by atoms with E-state index >= 15 is 0 Å². The van der Waals surface area contributed by atoms with E-state index in [-0.39, 0.29) is 6.10 Å². The van der Waals surface area contributed by atoms with E-state index in [1.807, 2.05) is 54.3 Å². The summed E-state index contributed by atoms with van der Waals surface area (Å²) in [7, 11) is 0. The number of para-hydroxylation sites is 1. The molecule has 6 heteroatoms. The lowest BCUT2D eigenvalue weighted by Crippen LogP contribution is -2.39. The summed E-state index contributed by atoms with van der Waals surface area (Å²) >= 11 is 0. The number of aliphatic imine (C=N–C) groups is 1. The zero-order chi connectivity index (χ0) is 19.5. The lowest BCUT2D eigenvalue weighted by Gasteiger charge is -2.21. The molecule has 0 spiro atoms. The summed E-state index contributed by atoms with van der Waals surface area (Å²) in [5.74, 6) is 1.33. The third kappa shape index (κ3) is 7.06. The van der Waals surface area contributed by atoms with Crippen molar-refractivity contribution >= 4 is 5.96 Å². The van der Waals surface area contributed by atoms with Gasteiger partial charge in [0.2, 0.25) is 0 Å². The van der Waals surface area contributed by atoms with Crippen LogP contribution in [0.2, 0.25) is 0 Å². The van der Waals surface area contributed by atoms with Gasteiger partial charge in [0.05, 0.1) is 24.5 Å². The number of nitrogens with zero attached hydrogens (tertiary/aromatic N) is 3. The third-order valence-electron chi connectivity index (χ3n) is 4.27. The first-order chi connectivity index (χ1) is 13.1. The van der Waals surface area contributed by atoms with Crippen molar-refractivity contribution in [1.29, 1.82) is 0 Å². The maximum atomic E-state index is 5.81. The number of rotatable bonds is 10. The van der Waals surface area contributed by atoms with Gasteiger partial charge in [0, 0.05) is 31.5 Å². The van der Waals surface area contributed by atoms with E-state index in [2.05, 4.69) is 41.5 Å². The van der Waals surface area contributed by atoms with Crippen LogP contribution < -0.4 is 10.6 Å². The van der Waals surface area contributed by atoms with Crippen LogP contribution in [0.3, 0.4) is 0 Å². The molecule has 0 aliphatic carbocycles. The van der Waals surface area contributed by atoms with Gasteiger partial charge < -0.3 is 15.4 Å². The lowest BCUT2D eigenvalue weighted by molar-refractivity contribution is 0.0258. The Morgan fingerprint density at radius 3 is 2.63 bits per heavy atom. The fourth-order valence-electron chi connectivity index (χ4n) is 2.83. The van der Waals surface area contributed by atoms with Gasteiger partial charge in [-0.1, -0.05) is 32.0 Å². The molecule has 0 aliphatic heterocycles. The van der Waals surface area contributed by atoms with Crippen LogP contribution >= 0.6 is 0 Å². The number of hydrogen-bond donors (Lipinski definition) is 2. The smallest absolute Gasteiger partial charge is 0.191 e. The average molecular weight is 372 g/mol. The first kappa shape index (κ1) is 21.0. The predicted molar refractivity (Wildman–Crippen MR) is 111 cm³/mol. The third-order valence-corrected chi connectivity index (χ3v) is 4.27. The highest BCUT2D eigenvalue weighted by Crippen LogP contribution is 2.10. The minimum absolute atomic E-state index is 0.273. The van der Waals surface area contributed by atoms with Crippen molar-refractivity contribution in [1.82, 2.24) is 20.4 Å². The van der Waals surface area contributed by atoms with Gasteiger partial charge >= 0.3 is 0 Å². The first-order valence-electron chi connectivity index (χ1n) is 9.86. The molecule has 1 atom stereocenters. The number of aromatic nitrogens is 2. The van der Waals surface area contributed by atoms with E-state index < -0.39 is 0 Å². The van der Waals surface area contributed by atoms with Gasteiger partial charge in [0.25, 0.3) is 0 Å². The Morgan fingerprint density at radius 1 is 1.19 bits per heavy atom. The van der Waals surface area contributed by atoms with Crippen molar-refractivity contribution in [3.63, 3.8) is 0 Å². The molecule has 0 amide bonds. The van der Waals surface area contributed by atoms with Crippen LogP contribution in [0.5, 0.6) is 0 Å². The Labute approximate surface area is 163 Å². The Bertz CT molecular complexity index is 681. The number of nitrogens with one attached hydrogen (secondary N) is 2. The van der Waals surface area contributed by atoms with E-state index in [9.17, 15) is 0 Å². The van der Waals surface area contributed by atoms with E-state index in [4.69, 9.17) is 4.74 Å². The SMILES string of the molecule is CCNC(=NCc1cnn(-c2ccccc2)c1)NCCC(OCC)C(C)C. The molecule has 6 nitrogen and oxygen atoms in total. The van der Waals surface area contributed by atoms with E-state index in [0.717, 1.165) is 43.3 Å². The normalized spacial score (nSPS) is 13.0. The summed E-state index contributed by atoms with van der Waals surface area (Å²) in [5, 5.41) is 11.1. The molecule has 0 saturated heterocycles. The molecule has 0 aliphatic rings. The molecule has 0 bridgehead atoms. The second-order valence-corrected chi connectivity index (χ2v) is 6.78. The summed E-state index contributed by atoms with van der Waals surface area (Å²) in [6, 6.07) is 10.1. The fourth-order valence-corrected chi connectivity index (χ4v) is 2.83. The summed E-state index contributed by atoms with van der Waals surface area (Å²) in [5.41, 5.74) is 2.12. The van der Waals surface area contributed by atoms with Crippen molar-refractivity contribution in [2.75, 3.05) is 19.7 Å². The predicted octanol–water partition coefficient (Wildman–Crippen LogP) is 3.38. The molecular formula is C21H33N5O. The molecule has 1 heterocycles. The van der Waals surface area contributed by atoms with Gasteiger partial charge in [-0.05, 0) is 38.3 Å². The van der Waals surface area contributed by atoms with Crippen LogP contribution in [0.1, 0.15) is 39.7 Å². The molecule has 1 unspecified atom stereocenters. The van der Waals surface area contributed by atoms with Crippen LogP contribution in [-0.4, -0.2) is 41.5 Å². The first-order valence-corrected chi connectivity index (χ1v) is 9.86. The largest absolute Gasteiger partial charge is 0.378 e. The van der Waals surface area contributed by atoms with Gasteiger partial charge in [-0.15, -0.1) is 0 Å². The molecule has 1 aromatic carbocycles. The minimum atomic E-state index is 0.273. The monoisotopic (exact) mass is 371 g/mol. The zero-order valence-corrected chi connectivity index (χ0v) is 17.0. The lowest BCUT2D eigenvalue weighted by atomic mass is 10.0. The summed E-state index contributed by atoms with van der Waals surface area (Å²) in [4.78, 5) is 4.68. The number of hydrogen-bond acceptors (Lipinski definition) is 3. The van der Waals surface area contributed by atoms with Gasteiger partial charge in [-0.25, -0.2) is 9.67 Å². The standard InChI is InChI=1S/C21H33N5O/c1-5-22-21(23-13-12-20(17(3)4)27-6-2)24-14-18-15-25-26(16-18)19-10-8-7-9-11-19/h7-11,15-17,20H,5-6,12-14H2,1-4H3,(H2,22,23,24). The average Bonchev–Trinajstić information content (AvgIpc) is 3.15. The number of ether oxygens (including phenoxy) is 1. The van der Waals surface area contributed by atoms with Crippen LogP contribution in [0.15, 0.2) is 47.7 Å². The topological polar surface area (TPSA) is 63.5 Å². The Balaban J connectivity index is 1.90. The maximum Gasteiger partial charge on any atom is 0.191 e. The highest BCUT2D eigenvalue weighted by atomic mass is 16.5. The molecule has 2 N–H and O–H groups in total. The maximum absolute atomic E-state index is 5.81. The zero-order valence-electron chi connectivity index (χ0n) is 17.0. The minimum Gasteiger partial charge on any atom is -0.378 e. The molecular weight excluding hydrogens is 338 g/mol.